The molecule has 0 N–H and O–H groups in total. The first kappa shape index (κ1) is 21.6. The Morgan fingerprint density at radius 3 is 2.48 bits per heavy atom. The van der Waals surface area contributed by atoms with Gasteiger partial charge < -0.3 is 14.5 Å². The molecule has 0 bridgehead atoms. The van der Waals surface area contributed by atoms with Crippen molar-refractivity contribution >= 4 is 23.0 Å². The van der Waals surface area contributed by atoms with Gasteiger partial charge in [-0.2, -0.15) is 0 Å². The fourth-order valence-corrected chi connectivity index (χ4v) is 4.89. The summed E-state index contributed by atoms with van der Waals surface area (Å²) in [5, 5.41) is 8.36. The van der Waals surface area contributed by atoms with Crippen LogP contribution >= 0.6 is 0 Å². The molecule has 1 aromatic heterocycles. The molecular weight excluding hydrogens is 394 g/mol. The van der Waals surface area contributed by atoms with E-state index in [1.807, 2.05) is 54.8 Å². The number of hydrogen-bond acceptors (Lipinski definition) is 5. The molecule has 168 valence electrons. The van der Waals surface area contributed by atoms with Gasteiger partial charge in [0.15, 0.2) is 0 Å². The van der Waals surface area contributed by atoms with Crippen molar-refractivity contribution in [2.45, 2.75) is 65.0 Å². The Morgan fingerprint density at radius 1 is 1.06 bits per heavy atom. The standard InChI is InChI=1S/C23H33N5O3/c1-22(2,3)31-21(30)27-14-7-12-23(17-27)11-6-13-26(16-23)20(29)10-15-28-19-9-5-4-8-18(19)24-25-28/h4-5,8-9H,6-7,10-17H2,1-3H3. The Morgan fingerprint density at radius 2 is 1.74 bits per heavy atom. The average Bonchev–Trinajstić information content (AvgIpc) is 3.14. The zero-order valence-corrected chi connectivity index (χ0v) is 18.8. The number of amides is 2. The van der Waals surface area contributed by atoms with Gasteiger partial charge in [0.05, 0.1) is 12.1 Å². The first-order valence-electron chi connectivity index (χ1n) is 11.3. The molecule has 1 unspecified atom stereocenters. The minimum atomic E-state index is -0.498. The zero-order chi connectivity index (χ0) is 22.1. The molecule has 3 heterocycles. The topological polar surface area (TPSA) is 80.6 Å². The lowest BCUT2D eigenvalue weighted by Crippen LogP contribution is -2.55. The molecule has 8 heteroatoms. The fourth-order valence-electron chi connectivity index (χ4n) is 4.89. The monoisotopic (exact) mass is 427 g/mol. The molecule has 4 rings (SSSR count). The highest BCUT2D eigenvalue weighted by Gasteiger charge is 2.42. The second kappa shape index (κ2) is 8.48. The Bertz CT molecular complexity index is 946. The molecule has 8 nitrogen and oxygen atoms in total. The minimum Gasteiger partial charge on any atom is -0.444 e. The summed E-state index contributed by atoms with van der Waals surface area (Å²) < 4.78 is 7.39. The smallest absolute Gasteiger partial charge is 0.410 e. The van der Waals surface area contributed by atoms with Gasteiger partial charge in [0, 0.05) is 38.0 Å². The largest absolute Gasteiger partial charge is 0.444 e. The molecule has 1 spiro atoms. The molecule has 0 radical (unpaired) electrons. The lowest BCUT2D eigenvalue weighted by Gasteiger charge is -2.48. The predicted molar refractivity (Wildman–Crippen MR) is 117 cm³/mol. The van der Waals surface area contributed by atoms with Crippen LogP contribution in [0.4, 0.5) is 4.79 Å². The highest BCUT2D eigenvalue weighted by Crippen LogP contribution is 2.39. The van der Waals surface area contributed by atoms with Gasteiger partial charge in [-0.15, -0.1) is 5.10 Å². The van der Waals surface area contributed by atoms with Crippen molar-refractivity contribution in [3.05, 3.63) is 24.3 Å². The maximum atomic E-state index is 13.0. The molecule has 1 aromatic carbocycles. The number of likely N-dealkylation sites (tertiary alicyclic amines) is 2. The highest BCUT2D eigenvalue weighted by atomic mass is 16.6. The van der Waals surface area contributed by atoms with Crippen molar-refractivity contribution in [2.24, 2.45) is 5.41 Å². The third-order valence-electron chi connectivity index (χ3n) is 6.28. The third kappa shape index (κ3) is 4.99. The lowest BCUT2D eigenvalue weighted by molar-refractivity contribution is -0.136. The predicted octanol–water partition coefficient (Wildman–Crippen LogP) is 3.46. The van der Waals surface area contributed by atoms with Crippen LogP contribution in [-0.2, 0) is 16.1 Å². The number of aromatic nitrogens is 3. The number of carbonyl (C=O) groups excluding carboxylic acids is 2. The molecule has 0 saturated carbocycles. The van der Waals surface area contributed by atoms with Crippen LogP contribution in [0.1, 0.15) is 52.9 Å². The van der Waals surface area contributed by atoms with Gasteiger partial charge in [-0.3, -0.25) is 4.79 Å². The second-order valence-electron chi connectivity index (χ2n) is 9.98. The first-order chi connectivity index (χ1) is 14.7. The number of ether oxygens (including phenoxy) is 1. The van der Waals surface area contributed by atoms with Crippen LogP contribution in [-0.4, -0.2) is 68.6 Å². The lowest BCUT2D eigenvalue weighted by atomic mass is 9.73. The number of benzene rings is 1. The van der Waals surface area contributed by atoms with Crippen molar-refractivity contribution in [2.75, 3.05) is 26.2 Å². The van der Waals surface area contributed by atoms with E-state index < -0.39 is 5.60 Å². The van der Waals surface area contributed by atoms with Gasteiger partial charge in [-0.05, 0) is 58.6 Å². The van der Waals surface area contributed by atoms with Gasteiger partial charge in [0.1, 0.15) is 11.1 Å². The summed E-state index contributed by atoms with van der Waals surface area (Å²) in [6, 6.07) is 7.79. The molecule has 31 heavy (non-hydrogen) atoms. The molecule has 2 fully saturated rings. The zero-order valence-electron chi connectivity index (χ0n) is 18.8. The maximum Gasteiger partial charge on any atom is 0.410 e. The Balaban J connectivity index is 1.37. The molecule has 2 aliphatic heterocycles. The van der Waals surface area contributed by atoms with Crippen molar-refractivity contribution < 1.29 is 14.3 Å². The third-order valence-corrected chi connectivity index (χ3v) is 6.28. The van der Waals surface area contributed by atoms with Crippen LogP contribution in [0.3, 0.4) is 0 Å². The normalized spacial score (nSPS) is 22.2. The van der Waals surface area contributed by atoms with Gasteiger partial charge in [-0.25, -0.2) is 9.48 Å². The maximum absolute atomic E-state index is 13.0. The van der Waals surface area contributed by atoms with Crippen molar-refractivity contribution in [3.63, 3.8) is 0 Å². The van der Waals surface area contributed by atoms with Gasteiger partial charge in [0.2, 0.25) is 5.91 Å². The van der Waals surface area contributed by atoms with E-state index in [-0.39, 0.29) is 17.4 Å². The van der Waals surface area contributed by atoms with Gasteiger partial charge in [0.25, 0.3) is 0 Å². The SMILES string of the molecule is CC(C)(C)OC(=O)N1CCCC2(CCCN(C(=O)CCn3nnc4ccccc43)C2)C1. The summed E-state index contributed by atoms with van der Waals surface area (Å²) in [7, 11) is 0. The van der Waals surface area contributed by atoms with Crippen molar-refractivity contribution in [1.82, 2.24) is 24.8 Å². The summed E-state index contributed by atoms with van der Waals surface area (Å²) in [5.74, 6) is 0.146. The van der Waals surface area contributed by atoms with E-state index in [2.05, 4.69) is 10.3 Å². The van der Waals surface area contributed by atoms with Crippen LogP contribution in [0.15, 0.2) is 24.3 Å². The van der Waals surface area contributed by atoms with Crippen LogP contribution in [0.2, 0.25) is 0 Å². The highest BCUT2D eigenvalue weighted by molar-refractivity contribution is 5.77. The van der Waals surface area contributed by atoms with E-state index in [1.165, 1.54) is 0 Å². The summed E-state index contributed by atoms with van der Waals surface area (Å²) >= 11 is 0. The van der Waals surface area contributed by atoms with Crippen LogP contribution in [0.25, 0.3) is 11.0 Å². The average molecular weight is 428 g/mol. The molecule has 1 atom stereocenters. The Hall–Kier alpha value is -2.64. The summed E-state index contributed by atoms with van der Waals surface area (Å²) in [6.07, 6.45) is 4.17. The Kier molecular flexibility index (Phi) is 5.90. The molecule has 2 aliphatic rings. The second-order valence-corrected chi connectivity index (χ2v) is 9.98. The van der Waals surface area contributed by atoms with Gasteiger partial charge in [-0.1, -0.05) is 17.3 Å². The number of aryl methyl sites for hydroxylation is 1. The van der Waals surface area contributed by atoms with Crippen LogP contribution in [0, 0.1) is 5.41 Å². The van der Waals surface area contributed by atoms with Crippen LogP contribution in [0.5, 0.6) is 0 Å². The van der Waals surface area contributed by atoms with Crippen molar-refractivity contribution in [3.8, 4) is 0 Å². The number of fused-ring (bicyclic) bond motifs is 1. The van der Waals surface area contributed by atoms with Crippen molar-refractivity contribution in [1.29, 1.82) is 0 Å². The quantitative estimate of drug-likeness (QED) is 0.749. The molecule has 0 aliphatic carbocycles. The number of rotatable bonds is 3. The number of hydrogen-bond donors (Lipinski definition) is 0. The number of nitrogens with zero attached hydrogens (tertiary/aromatic N) is 5. The van der Waals surface area contributed by atoms with E-state index in [0.717, 1.165) is 49.8 Å². The molecule has 2 saturated heterocycles. The Labute approximate surface area is 183 Å². The van der Waals surface area contributed by atoms with Crippen LogP contribution < -0.4 is 0 Å². The van der Waals surface area contributed by atoms with E-state index in [0.29, 0.717) is 26.1 Å². The summed E-state index contributed by atoms with van der Waals surface area (Å²) in [5.41, 5.74) is 1.27. The molecule has 2 amide bonds. The fraction of sp³-hybridized carbons (Fsp3) is 0.652. The van der Waals surface area contributed by atoms with E-state index in [4.69, 9.17) is 4.74 Å². The van der Waals surface area contributed by atoms with Gasteiger partial charge >= 0.3 is 6.09 Å². The minimum absolute atomic E-state index is 0.0248. The number of piperidine rings is 2. The first-order valence-corrected chi connectivity index (χ1v) is 11.3. The van der Waals surface area contributed by atoms with E-state index in [9.17, 15) is 9.59 Å². The molecular formula is C23H33N5O3. The molecule has 2 aromatic rings. The van der Waals surface area contributed by atoms with E-state index >= 15 is 0 Å². The number of para-hydroxylation sites is 1. The summed E-state index contributed by atoms with van der Waals surface area (Å²) in [6.45, 7) is 9.09. The number of carbonyl (C=O) groups is 2. The summed E-state index contributed by atoms with van der Waals surface area (Å²) in [4.78, 5) is 29.4. The van der Waals surface area contributed by atoms with E-state index in [1.54, 1.807) is 4.68 Å².